The summed E-state index contributed by atoms with van der Waals surface area (Å²) in [7, 11) is 0. The number of nitrogens with zero attached hydrogens (tertiary/aromatic N) is 2. The van der Waals surface area contributed by atoms with Crippen molar-refractivity contribution in [3.05, 3.63) is 124 Å². The maximum Gasteiger partial charge on any atom is 0.336 e. The van der Waals surface area contributed by atoms with Crippen molar-refractivity contribution in [2.75, 3.05) is 13.2 Å². The van der Waals surface area contributed by atoms with Crippen LogP contribution >= 0.6 is 11.6 Å². The van der Waals surface area contributed by atoms with Gasteiger partial charge in [0.15, 0.2) is 5.75 Å². The van der Waals surface area contributed by atoms with Gasteiger partial charge in [0.1, 0.15) is 24.3 Å². The molecule has 0 spiro atoms. The lowest BCUT2D eigenvalue weighted by molar-refractivity contribution is 0.0941. The van der Waals surface area contributed by atoms with E-state index in [0.29, 0.717) is 45.5 Å². The van der Waals surface area contributed by atoms with Crippen molar-refractivity contribution < 1.29 is 24.1 Å². The van der Waals surface area contributed by atoms with Crippen LogP contribution in [0.4, 0.5) is 0 Å². The van der Waals surface area contributed by atoms with Crippen LogP contribution in [0, 0.1) is 0 Å². The summed E-state index contributed by atoms with van der Waals surface area (Å²) in [5.74, 6) is 1.14. The van der Waals surface area contributed by atoms with Gasteiger partial charge in [-0.2, -0.15) is 0 Å². The van der Waals surface area contributed by atoms with Gasteiger partial charge in [-0.25, -0.2) is 14.8 Å². The molecule has 0 bridgehead atoms. The van der Waals surface area contributed by atoms with E-state index in [9.17, 15) is 15.0 Å². The molecular formula is C34H28ClN3O6. The number of aromatic nitrogens is 2. The van der Waals surface area contributed by atoms with Crippen molar-refractivity contribution in [2.24, 2.45) is 0 Å². The molecule has 6 rings (SSSR count). The molecular weight excluding hydrogens is 582 g/mol. The molecule has 0 aliphatic heterocycles. The average Bonchev–Trinajstić information content (AvgIpc) is 3.05. The van der Waals surface area contributed by atoms with E-state index >= 15 is 0 Å². The predicted molar refractivity (Wildman–Crippen MR) is 168 cm³/mol. The molecule has 0 amide bonds. The molecule has 0 fully saturated rings. The Labute approximate surface area is 257 Å². The summed E-state index contributed by atoms with van der Waals surface area (Å²) < 4.78 is 17.8. The normalized spacial score (nSPS) is 12.0. The summed E-state index contributed by atoms with van der Waals surface area (Å²) in [6.45, 7) is 0.279. The van der Waals surface area contributed by atoms with E-state index < -0.39 is 11.7 Å². The molecule has 0 radical (unpaired) electrons. The number of para-hydroxylation sites is 1. The minimum absolute atomic E-state index is 0.165. The molecule has 0 saturated carbocycles. The van der Waals surface area contributed by atoms with Gasteiger partial charge in [-0.05, 0) is 35.4 Å². The number of halogens is 1. The summed E-state index contributed by atoms with van der Waals surface area (Å²) in [4.78, 5) is 20.6. The minimum atomic E-state index is -0.906. The molecule has 0 saturated heterocycles. The van der Waals surface area contributed by atoms with Crippen molar-refractivity contribution >= 4 is 33.5 Å². The molecule has 3 N–H and O–H groups in total. The third-order valence-corrected chi connectivity index (χ3v) is 7.32. The standard InChI is InChI=1S/C34H28ClN3O6/c35-28-14-24(16-36-17-25(40)18-39)29(42-19-21-9-10-23-11-12-32(41)43-30(23)13-21)15-31(28)44-34-27-8-4-7-26(33(27)37-20-38-34)22-5-2-1-3-6-22/h1-15,20,25,36,39-40H,16-19H2/t25-/m1/s1. The van der Waals surface area contributed by atoms with Gasteiger partial charge in [0, 0.05) is 41.7 Å². The highest BCUT2D eigenvalue weighted by Crippen LogP contribution is 2.38. The molecule has 6 aromatic rings. The molecule has 10 heteroatoms. The summed E-state index contributed by atoms with van der Waals surface area (Å²) in [6.07, 6.45) is 0.551. The van der Waals surface area contributed by atoms with Gasteiger partial charge in [0.25, 0.3) is 0 Å². The van der Waals surface area contributed by atoms with Crippen LogP contribution in [0.5, 0.6) is 17.4 Å². The lowest BCUT2D eigenvalue weighted by Gasteiger charge is -2.17. The highest BCUT2D eigenvalue weighted by Gasteiger charge is 2.16. The van der Waals surface area contributed by atoms with Gasteiger partial charge in [0.05, 0.1) is 28.6 Å². The summed E-state index contributed by atoms with van der Waals surface area (Å²) in [6, 6.07) is 27.8. The second-order valence-electron chi connectivity index (χ2n) is 10.1. The zero-order valence-electron chi connectivity index (χ0n) is 23.4. The Bertz CT molecular complexity index is 1980. The van der Waals surface area contributed by atoms with E-state index in [1.165, 1.54) is 12.4 Å². The SMILES string of the molecule is O=c1ccc2ccc(COc3cc(Oc4ncnc5c(-c6ccccc6)cccc45)c(Cl)cc3CNC[C@@H](O)CO)cc2o1. The fourth-order valence-electron chi connectivity index (χ4n) is 4.82. The first-order valence-corrected chi connectivity index (χ1v) is 14.3. The largest absolute Gasteiger partial charge is 0.488 e. The Morgan fingerprint density at radius 1 is 0.932 bits per heavy atom. The van der Waals surface area contributed by atoms with Crippen LogP contribution in [0.2, 0.25) is 5.02 Å². The fourth-order valence-corrected chi connectivity index (χ4v) is 5.05. The Morgan fingerprint density at radius 3 is 2.61 bits per heavy atom. The van der Waals surface area contributed by atoms with E-state index in [2.05, 4.69) is 15.3 Å². The quantitative estimate of drug-likeness (QED) is 0.155. The molecule has 0 unspecified atom stereocenters. The summed E-state index contributed by atoms with van der Waals surface area (Å²) in [5, 5.41) is 23.9. The van der Waals surface area contributed by atoms with Crippen LogP contribution in [0.15, 0.2) is 107 Å². The second-order valence-corrected chi connectivity index (χ2v) is 10.5. The van der Waals surface area contributed by atoms with Gasteiger partial charge in [-0.15, -0.1) is 0 Å². The molecule has 4 aromatic carbocycles. The number of hydrogen-bond acceptors (Lipinski definition) is 9. The van der Waals surface area contributed by atoms with Crippen molar-refractivity contribution in [2.45, 2.75) is 19.3 Å². The van der Waals surface area contributed by atoms with Crippen molar-refractivity contribution in [3.63, 3.8) is 0 Å². The Hall–Kier alpha value is -4.80. The number of aliphatic hydroxyl groups is 2. The fraction of sp³-hybridized carbons (Fsp3) is 0.147. The van der Waals surface area contributed by atoms with Crippen LogP contribution in [-0.4, -0.2) is 39.4 Å². The molecule has 2 aromatic heterocycles. The van der Waals surface area contributed by atoms with Crippen LogP contribution in [0.1, 0.15) is 11.1 Å². The molecule has 2 heterocycles. The van der Waals surface area contributed by atoms with Gasteiger partial charge >= 0.3 is 5.63 Å². The first-order valence-electron chi connectivity index (χ1n) is 13.9. The molecule has 0 aliphatic carbocycles. The van der Waals surface area contributed by atoms with Crippen molar-refractivity contribution in [1.29, 1.82) is 0 Å². The average molecular weight is 610 g/mol. The zero-order valence-corrected chi connectivity index (χ0v) is 24.2. The number of aliphatic hydroxyl groups excluding tert-OH is 2. The smallest absolute Gasteiger partial charge is 0.336 e. The predicted octanol–water partition coefficient (Wildman–Crippen LogP) is 5.87. The van der Waals surface area contributed by atoms with E-state index in [-0.39, 0.29) is 19.8 Å². The maximum absolute atomic E-state index is 11.7. The second kappa shape index (κ2) is 13.2. The third kappa shape index (κ3) is 6.56. The van der Waals surface area contributed by atoms with Crippen LogP contribution in [0.25, 0.3) is 33.0 Å². The van der Waals surface area contributed by atoms with Crippen LogP contribution in [0.3, 0.4) is 0 Å². The molecule has 0 aliphatic rings. The number of nitrogens with one attached hydrogen (secondary N) is 1. The molecule has 9 nitrogen and oxygen atoms in total. The highest BCUT2D eigenvalue weighted by atomic mass is 35.5. The van der Waals surface area contributed by atoms with Gasteiger partial charge in [0.2, 0.25) is 5.88 Å². The summed E-state index contributed by atoms with van der Waals surface area (Å²) in [5.41, 5.74) is 4.23. The third-order valence-electron chi connectivity index (χ3n) is 7.02. The van der Waals surface area contributed by atoms with E-state index in [4.69, 9.17) is 25.5 Å². The van der Waals surface area contributed by atoms with E-state index in [0.717, 1.165) is 27.6 Å². The number of rotatable bonds is 11. The maximum atomic E-state index is 11.7. The van der Waals surface area contributed by atoms with Crippen LogP contribution < -0.4 is 20.4 Å². The molecule has 1 atom stereocenters. The van der Waals surface area contributed by atoms with Crippen molar-refractivity contribution in [1.82, 2.24) is 15.3 Å². The molecule has 44 heavy (non-hydrogen) atoms. The van der Waals surface area contributed by atoms with E-state index in [1.54, 1.807) is 24.3 Å². The monoisotopic (exact) mass is 609 g/mol. The zero-order chi connectivity index (χ0) is 30.5. The first kappa shape index (κ1) is 29.3. The topological polar surface area (TPSA) is 127 Å². The summed E-state index contributed by atoms with van der Waals surface area (Å²) >= 11 is 6.71. The number of hydrogen-bond donors (Lipinski definition) is 3. The van der Waals surface area contributed by atoms with Gasteiger partial charge in [-0.3, -0.25) is 0 Å². The van der Waals surface area contributed by atoms with Crippen molar-refractivity contribution in [3.8, 4) is 28.5 Å². The lowest BCUT2D eigenvalue weighted by Crippen LogP contribution is -2.29. The van der Waals surface area contributed by atoms with Crippen LogP contribution in [-0.2, 0) is 13.2 Å². The van der Waals surface area contributed by atoms with Gasteiger partial charge in [-0.1, -0.05) is 66.2 Å². The Morgan fingerprint density at radius 2 is 1.77 bits per heavy atom. The highest BCUT2D eigenvalue weighted by molar-refractivity contribution is 6.32. The first-order chi connectivity index (χ1) is 21.5. The Balaban J connectivity index is 1.32. The number of benzene rings is 4. The number of fused-ring (bicyclic) bond motifs is 2. The number of ether oxygens (including phenoxy) is 2. The van der Waals surface area contributed by atoms with E-state index in [1.807, 2.05) is 60.7 Å². The minimum Gasteiger partial charge on any atom is -0.488 e. The Kier molecular flexibility index (Phi) is 8.81. The lowest BCUT2D eigenvalue weighted by atomic mass is 10.0. The molecule has 222 valence electrons. The van der Waals surface area contributed by atoms with Gasteiger partial charge < -0.3 is 29.4 Å².